The predicted octanol–water partition coefficient (Wildman–Crippen LogP) is 3.04. The average molecular weight is 307 g/mol. The van der Waals surface area contributed by atoms with E-state index in [0.717, 1.165) is 18.5 Å². The number of carbonyl (C=O) groups is 1. The van der Waals surface area contributed by atoms with Gasteiger partial charge in [-0.15, -0.1) is 0 Å². The van der Waals surface area contributed by atoms with E-state index in [0.29, 0.717) is 29.6 Å². The first-order valence-corrected chi connectivity index (χ1v) is 7.19. The van der Waals surface area contributed by atoms with E-state index in [-0.39, 0.29) is 0 Å². The molecule has 0 spiro atoms. The highest BCUT2D eigenvalue weighted by atomic mass is 35.5. The molecule has 110 valence electrons. The van der Waals surface area contributed by atoms with E-state index in [1.807, 2.05) is 23.1 Å². The molecular formula is C15H15ClN2O3. The van der Waals surface area contributed by atoms with Gasteiger partial charge in [0.15, 0.2) is 5.76 Å². The number of oxazole rings is 1. The molecular weight excluding hydrogens is 292 g/mol. The standard InChI is InChI=1S/C15H15ClN2O3/c16-11-5-2-1-4-10(11)13-8-17-14(21-13)9-18-7-3-6-12(18)15(19)20/h1-2,4-5,8,12H,3,6-7,9H2,(H,19,20)/t12-/m1/s1. The number of aliphatic carboxylic acids is 1. The van der Waals surface area contributed by atoms with E-state index in [9.17, 15) is 9.90 Å². The third kappa shape index (κ3) is 2.94. The SMILES string of the molecule is O=C(O)[C@H]1CCCN1Cc1ncc(-c2ccccc2Cl)o1. The van der Waals surface area contributed by atoms with Gasteiger partial charge < -0.3 is 9.52 Å². The first-order valence-electron chi connectivity index (χ1n) is 6.81. The van der Waals surface area contributed by atoms with Crippen LogP contribution in [0.15, 0.2) is 34.9 Å². The number of hydrogen-bond acceptors (Lipinski definition) is 4. The van der Waals surface area contributed by atoms with Gasteiger partial charge in [-0.1, -0.05) is 23.7 Å². The number of rotatable bonds is 4. The molecule has 2 aromatic rings. The number of benzene rings is 1. The normalized spacial score (nSPS) is 19.0. The summed E-state index contributed by atoms with van der Waals surface area (Å²) in [6.45, 7) is 1.15. The molecule has 0 aliphatic carbocycles. The molecule has 1 N–H and O–H groups in total. The molecule has 1 saturated heterocycles. The maximum absolute atomic E-state index is 11.2. The Bertz CT molecular complexity index is 656. The summed E-state index contributed by atoms with van der Waals surface area (Å²) in [4.78, 5) is 17.3. The van der Waals surface area contributed by atoms with Gasteiger partial charge in [-0.05, 0) is 31.5 Å². The van der Waals surface area contributed by atoms with Gasteiger partial charge in [0.1, 0.15) is 6.04 Å². The Kier molecular flexibility index (Phi) is 3.94. The fourth-order valence-corrected chi connectivity index (χ4v) is 2.87. The fourth-order valence-electron chi connectivity index (χ4n) is 2.64. The fraction of sp³-hybridized carbons (Fsp3) is 0.333. The zero-order valence-electron chi connectivity index (χ0n) is 11.3. The maximum Gasteiger partial charge on any atom is 0.320 e. The highest BCUT2D eigenvalue weighted by Crippen LogP contribution is 2.29. The van der Waals surface area contributed by atoms with Crippen molar-refractivity contribution in [3.63, 3.8) is 0 Å². The van der Waals surface area contributed by atoms with Crippen LogP contribution in [0.2, 0.25) is 5.02 Å². The largest absolute Gasteiger partial charge is 0.480 e. The molecule has 0 bridgehead atoms. The van der Waals surface area contributed by atoms with Crippen molar-refractivity contribution in [3.05, 3.63) is 41.4 Å². The quantitative estimate of drug-likeness (QED) is 0.940. The van der Waals surface area contributed by atoms with E-state index in [1.54, 1.807) is 12.3 Å². The van der Waals surface area contributed by atoms with Crippen LogP contribution in [0.3, 0.4) is 0 Å². The molecule has 2 heterocycles. The zero-order valence-corrected chi connectivity index (χ0v) is 12.1. The van der Waals surface area contributed by atoms with Gasteiger partial charge in [-0.2, -0.15) is 0 Å². The lowest BCUT2D eigenvalue weighted by atomic mass is 10.2. The summed E-state index contributed by atoms with van der Waals surface area (Å²) in [6.07, 6.45) is 3.19. The number of aromatic nitrogens is 1. The lowest BCUT2D eigenvalue weighted by molar-refractivity contribution is -0.142. The summed E-state index contributed by atoms with van der Waals surface area (Å²) >= 11 is 6.13. The second kappa shape index (κ2) is 5.87. The Morgan fingerprint density at radius 3 is 3.05 bits per heavy atom. The lowest BCUT2D eigenvalue weighted by Gasteiger charge is -2.18. The van der Waals surface area contributed by atoms with E-state index in [4.69, 9.17) is 16.0 Å². The van der Waals surface area contributed by atoms with Crippen LogP contribution >= 0.6 is 11.6 Å². The summed E-state index contributed by atoms with van der Waals surface area (Å²) in [5.41, 5.74) is 0.786. The van der Waals surface area contributed by atoms with Crippen molar-refractivity contribution >= 4 is 17.6 Å². The number of carboxylic acids is 1. The number of carboxylic acid groups (broad SMARTS) is 1. The minimum Gasteiger partial charge on any atom is -0.480 e. The van der Waals surface area contributed by atoms with E-state index >= 15 is 0 Å². The highest BCUT2D eigenvalue weighted by Gasteiger charge is 2.31. The highest BCUT2D eigenvalue weighted by molar-refractivity contribution is 6.33. The smallest absolute Gasteiger partial charge is 0.320 e. The monoisotopic (exact) mass is 306 g/mol. The molecule has 1 aliphatic rings. The van der Waals surface area contributed by atoms with Crippen molar-refractivity contribution in [3.8, 4) is 11.3 Å². The zero-order chi connectivity index (χ0) is 14.8. The Morgan fingerprint density at radius 2 is 2.29 bits per heavy atom. The van der Waals surface area contributed by atoms with Crippen molar-refractivity contribution in [2.45, 2.75) is 25.4 Å². The minimum absolute atomic E-state index is 0.404. The van der Waals surface area contributed by atoms with Gasteiger partial charge in [0, 0.05) is 5.56 Å². The van der Waals surface area contributed by atoms with Crippen molar-refractivity contribution in [2.75, 3.05) is 6.54 Å². The van der Waals surface area contributed by atoms with Crippen LogP contribution in [-0.2, 0) is 11.3 Å². The molecule has 21 heavy (non-hydrogen) atoms. The first kappa shape index (κ1) is 14.1. The average Bonchev–Trinajstić information content (AvgIpc) is 3.09. The molecule has 5 nitrogen and oxygen atoms in total. The van der Waals surface area contributed by atoms with Gasteiger partial charge in [-0.3, -0.25) is 9.69 Å². The van der Waals surface area contributed by atoms with Gasteiger partial charge >= 0.3 is 5.97 Å². The Hall–Kier alpha value is -1.85. The molecule has 0 radical (unpaired) electrons. The summed E-state index contributed by atoms with van der Waals surface area (Å²) in [5, 5.41) is 9.77. The molecule has 1 aliphatic heterocycles. The summed E-state index contributed by atoms with van der Waals surface area (Å²) in [7, 11) is 0. The van der Waals surface area contributed by atoms with E-state index < -0.39 is 12.0 Å². The van der Waals surface area contributed by atoms with Crippen molar-refractivity contribution < 1.29 is 14.3 Å². The van der Waals surface area contributed by atoms with Crippen LogP contribution in [0, 0.1) is 0 Å². The van der Waals surface area contributed by atoms with Crippen LogP contribution < -0.4 is 0 Å². The third-order valence-electron chi connectivity index (χ3n) is 3.68. The molecule has 1 aromatic carbocycles. The Morgan fingerprint density at radius 1 is 1.48 bits per heavy atom. The summed E-state index contributed by atoms with van der Waals surface area (Å²) in [6, 6.07) is 6.94. The first-order chi connectivity index (χ1) is 10.1. The summed E-state index contributed by atoms with van der Waals surface area (Å²) < 4.78 is 5.71. The molecule has 1 aromatic heterocycles. The Labute approximate surface area is 127 Å². The van der Waals surface area contributed by atoms with Crippen molar-refractivity contribution in [1.82, 2.24) is 9.88 Å². The van der Waals surface area contributed by atoms with Gasteiger partial charge in [0.05, 0.1) is 17.8 Å². The van der Waals surface area contributed by atoms with Gasteiger partial charge in [0.25, 0.3) is 0 Å². The van der Waals surface area contributed by atoms with Crippen LogP contribution in [0.25, 0.3) is 11.3 Å². The van der Waals surface area contributed by atoms with Gasteiger partial charge in [-0.25, -0.2) is 4.98 Å². The van der Waals surface area contributed by atoms with Crippen molar-refractivity contribution in [2.24, 2.45) is 0 Å². The topological polar surface area (TPSA) is 66.6 Å². The molecule has 0 unspecified atom stereocenters. The summed E-state index contributed by atoms with van der Waals surface area (Å²) in [5.74, 6) is 0.324. The second-order valence-corrected chi connectivity index (χ2v) is 5.47. The lowest BCUT2D eigenvalue weighted by Crippen LogP contribution is -2.35. The van der Waals surface area contributed by atoms with Crippen LogP contribution in [-0.4, -0.2) is 33.5 Å². The molecule has 0 amide bonds. The van der Waals surface area contributed by atoms with Crippen LogP contribution in [0.4, 0.5) is 0 Å². The molecule has 3 rings (SSSR count). The van der Waals surface area contributed by atoms with E-state index in [1.165, 1.54) is 0 Å². The number of halogens is 1. The van der Waals surface area contributed by atoms with Crippen LogP contribution in [0.1, 0.15) is 18.7 Å². The molecule has 1 atom stereocenters. The number of likely N-dealkylation sites (tertiary alicyclic amines) is 1. The maximum atomic E-state index is 11.2. The van der Waals surface area contributed by atoms with E-state index in [2.05, 4.69) is 4.98 Å². The predicted molar refractivity (Wildman–Crippen MR) is 78.0 cm³/mol. The minimum atomic E-state index is -0.787. The number of nitrogens with zero attached hydrogens (tertiary/aromatic N) is 2. The third-order valence-corrected chi connectivity index (χ3v) is 4.01. The van der Waals surface area contributed by atoms with Crippen LogP contribution in [0.5, 0.6) is 0 Å². The van der Waals surface area contributed by atoms with Crippen molar-refractivity contribution in [1.29, 1.82) is 0 Å². The Balaban J connectivity index is 1.77. The van der Waals surface area contributed by atoms with Gasteiger partial charge in [0.2, 0.25) is 5.89 Å². The molecule has 1 fully saturated rings. The molecule has 6 heteroatoms. The molecule has 0 saturated carbocycles. The number of hydrogen-bond donors (Lipinski definition) is 1. The second-order valence-electron chi connectivity index (χ2n) is 5.06.